The molecule has 0 saturated carbocycles. The van der Waals surface area contributed by atoms with E-state index in [1.54, 1.807) is 12.1 Å². The number of hydrogen-bond donors (Lipinski definition) is 0. The molecule has 1 aromatic rings. The van der Waals surface area contributed by atoms with Gasteiger partial charge in [0.05, 0.1) is 11.8 Å². The van der Waals surface area contributed by atoms with E-state index in [0.29, 0.717) is 11.1 Å². The molecule has 0 N–H and O–H groups in total. The normalized spacial score (nSPS) is 10.2. The molecule has 0 atom stereocenters. The summed E-state index contributed by atoms with van der Waals surface area (Å²) in [4.78, 5) is 23.0. The van der Waals surface area contributed by atoms with Crippen molar-refractivity contribution in [2.45, 2.75) is 0 Å². The van der Waals surface area contributed by atoms with Crippen molar-refractivity contribution in [2.24, 2.45) is 0 Å². The topological polar surface area (TPSA) is 34.1 Å². The molecule has 16 heavy (non-hydrogen) atoms. The Kier molecular flexibility index (Phi) is 5.97. The van der Waals surface area contributed by atoms with Gasteiger partial charge >= 0.3 is 0 Å². The van der Waals surface area contributed by atoms with Crippen LogP contribution in [0.3, 0.4) is 0 Å². The maximum Gasteiger partial charge on any atom is 0.178 e. The molecule has 0 aliphatic carbocycles. The van der Waals surface area contributed by atoms with Crippen LogP contribution in [0.2, 0.25) is 0 Å². The number of carbonyl (C=O) groups excluding carboxylic acids is 2. The second kappa shape index (κ2) is 6.51. The first-order valence-corrected chi connectivity index (χ1v) is 7.41. The number of Topliss-reactive ketones (excluding diaryl/α,β-unsaturated/α-hetero) is 2. The van der Waals surface area contributed by atoms with Gasteiger partial charge in [-0.3, -0.25) is 9.59 Å². The lowest BCUT2D eigenvalue weighted by Gasteiger charge is -2.07. The zero-order valence-corrected chi connectivity index (χ0v) is 13.7. The van der Waals surface area contributed by atoms with Crippen LogP contribution in [0.15, 0.2) is 12.1 Å². The third-order valence-electron chi connectivity index (χ3n) is 1.90. The standard InChI is InChI=1S/C10H6Cl2I2O2/c11-3-9(15)5-1-7(13)6(2-8(5)14)10(16)4-12/h1-2H,3-4H2. The molecule has 0 unspecified atom stereocenters. The van der Waals surface area contributed by atoms with Crippen molar-refractivity contribution in [3.8, 4) is 0 Å². The highest BCUT2D eigenvalue weighted by molar-refractivity contribution is 14.1. The summed E-state index contributed by atoms with van der Waals surface area (Å²) in [5.41, 5.74) is 1.09. The lowest BCUT2D eigenvalue weighted by molar-refractivity contribution is 0.100. The number of benzene rings is 1. The van der Waals surface area contributed by atoms with Crippen molar-refractivity contribution >= 4 is 80.0 Å². The highest BCUT2D eigenvalue weighted by Crippen LogP contribution is 2.22. The lowest BCUT2D eigenvalue weighted by atomic mass is 10.1. The molecular formula is C10H6Cl2I2O2. The fourth-order valence-electron chi connectivity index (χ4n) is 1.12. The number of halogens is 4. The molecule has 0 aliphatic rings. The van der Waals surface area contributed by atoms with E-state index in [2.05, 4.69) is 0 Å². The number of alkyl halides is 2. The number of ketones is 2. The summed E-state index contributed by atoms with van der Waals surface area (Å²) in [5, 5.41) is 0. The molecule has 0 bridgehead atoms. The summed E-state index contributed by atoms with van der Waals surface area (Å²) in [6.07, 6.45) is 0. The molecule has 1 rings (SSSR count). The van der Waals surface area contributed by atoms with Crippen LogP contribution in [-0.2, 0) is 0 Å². The van der Waals surface area contributed by atoms with Gasteiger partial charge in [-0.15, -0.1) is 23.2 Å². The highest BCUT2D eigenvalue weighted by Gasteiger charge is 2.15. The molecule has 1 aromatic carbocycles. The van der Waals surface area contributed by atoms with Gasteiger partial charge in [0, 0.05) is 18.3 Å². The minimum absolute atomic E-state index is 0.0606. The van der Waals surface area contributed by atoms with Gasteiger partial charge in [-0.2, -0.15) is 0 Å². The molecule has 0 fully saturated rings. The van der Waals surface area contributed by atoms with Gasteiger partial charge in [0.1, 0.15) is 0 Å². The maximum absolute atomic E-state index is 11.5. The van der Waals surface area contributed by atoms with Crippen LogP contribution in [-0.4, -0.2) is 23.3 Å². The third kappa shape index (κ3) is 3.30. The molecule has 0 amide bonds. The number of hydrogen-bond acceptors (Lipinski definition) is 2. The second-order valence-electron chi connectivity index (χ2n) is 2.93. The lowest BCUT2D eigenvalue weighted by Crippen LogP contribution is -2.09. The van der Waals surface area contributed by atoms with E-state index in [1.807, 2.05) is 45.2 Å². The molecule has 0 radical (unpaired) electrons. The molecule has 86 valence electrons. The first-order chi connectivity index (χ1) is 7.51. The van der Waals surface area contributed by atoms with Crippen molar-refractivity contribution in [2.75, 3.05) is 11.8 Å². The average Bonchev–Trinajstić information content (AvgIpc) is 2.29. The minimum atomic E-state index is -0.145. The summed E-state index contributed by atoms with van der Waals surface area (Å²) in [6, 6.07) is 3.35. The summed E-state index contributed by atoms with van der Waals surface area (Å²) in [7, 11) is 0. The molecule has 0 aliphatic heterocycles. The second-order valence-corrected chi connectivity index (χ2v) is 5.78. The van der Waals surface area contributed by atoms with Crippen LogP contribution in [0.1, 0.15) is 20.7 Å². The fourth-order valence-corrected chi connectivity index (χ4v) is 2.94. The Balaban J connectivity index is 3.27. The quantitative estimate of drug-likeness (QED) is 0.372. The average molecular weight is 483 g/mol. The van der Waals surface area contributed by atoms with Gasteiger partial charge in [0.15, 0.2) is 11.6 Å². The van der Waals surface area contributed by atoms with E-state index in [4.69, 9.17) is 23.2 Å². The third-order valence-corrected chi connectivity index (χ3v) is 4.17. The summed E-state index contributed by atoms with van der Waals surface area (Å²) in [6.45, 7) is 0. The van der Waals surface area contributed by atoms with Gasteiger partial charge in [-0.05, 0) is 57.3 Å². The van der Waals surface area contributed by atoms with Gasteiger partial charge in [-0.25, -0.2) is 0 Å². The zero-order valence-electron chi connectivity index (χ0n) is 7.90. The Morgan fingerprint density at radius 1 is 0.938 bits per heavy atom. The number of carbonyl (C=O) groups is 2. The Labute approximate surface area is 130 Å². The van der Waals surface area contributed by atoms with E-state index < -0.39 is 0 Å². The highest BCUT2D eigenvalue weighted by atomic mass is 127. The van der Waals surface area contributed by atoms with Gasteiger partial charge in [0.25, 0.3) is 0 Å². The van der Waals surface area contributed by atoms with Gasteiger partial charge in [0.2, 0.25) is 0 Å². The molecular weight excluding hydrogens is 477 g/mol. The summed E-state index contributed by atoms with van der Waals surface area (Å²) in [5.74, 6) is -0.410. The van der Waals surface area contributed by atoms with Crippen LogP contribution >= 0.6 is 68.4 Å². The van der Waals surface area contributed by atoms with Crippen molar-refractivity contribution in [3.05, 3.63) is 30.4 Å². The predicted octanol–water partition coefficient (Wildman–Crippen LogP) is 3.74. The smallest absolute Gasteiger partial charge is 0.178 e. The first kappa shape index (κ1) is 14.7. The van der Waals surface area contributed by atoms with Crippen molar-refractivity contribution in [1.82, 2.24) is 0 Å². The van der Waals surface area contributed by atoms with Crippen molar-refractivity contribution < 1.29 is 9.59 Å². The van der Waals surface area contributed by atoms with Gasteiger partial charge in [-0.1, -0.05) is 0 Å². The Hall–Kier alpha value is 0.600. The Morgan fingerprint density at radius 3 is 1.50 bits per heavy atom. The van der Waals surface area contributed by atoms with E-state index >= 15 is 0 Å². The SMILES string of the molecule is O=C(CCl)c1cc(I)c(C(=O)CCl)cc1I. The van der Waals surface area contributed by atoms with E-state index in [-0.39, 0.29) is 23.3 Å². The molecule has 0 heterocycles. The molecule has 0 spiro atoms. The summed E-state index contributed by atoms with van der Waals surface area (Å²) < 4.78 is 1.44. The number of rotatable bonds is 4. The molecule has 2 nitrogen and oxygen atoms in total. The largest absolute Gasteiger partial charge is 0.293 e. The monoisotopic (exact) mass is 482 g/mol. The van der Waals surface area contributed by atoms with Crippen molar-refractivity contribution in [3.63, 3.8) is 0 Å². The van der Waals surface area contributed by atoms with Crippen LogP contribution < -0.4 is 0 Å². The fraction of sp³-hybridized carbons (Fsp3) is 0.200. The molecule has 0 aromatic heterocycles. The van der Waals surface area contributed by atoms with Crippen molar-refractivity contribution in [1.29, 1.82) is 0 Å². The Bertz CT molecular complexity index is 405. The van der Waals surface area contributed by atoms with Gasteiger partial charge < -0.3 is 0 Å². The van der Waals surface area contributed by atoms with Crippen LogP contribution in [0, 0.1) is 7.14 Å². The van der Waals surface area contributed by atoms with Crippen LogP contribution in [0.4, 0.5) is 0 Å². The minimum Gasteiger partial charge on any atom is -0.293 e. The maximum atomic E-state index is 11.5. The molecule has 6 heteroatoms. The zero-order chi connectivity index (χ0) is 12.3. The van der Waals surface area contributed by atoms with Crippen LogP contribution in [0.25, 0.3) is 0 Å². The Morgan fingerprint density at radius 2 is 1.25 bits per heavy atom. The van der Waals surface area contributed by atoms with E-state index in [1.165, 1.54) is 0 Å². The van der Waals surface area contributed by atoms with Crippen LogP contribution in [0.5, 0.6) is 0 Å². The summed E-state index contributed by atoms with van der Waals surface area (Å²) >= 11 is 15.0. The molecule has 0 saturated heterocycles. The van der Waals surface area contributed by atoms with E-state index in [0.717, 1.165) is 7.14 Å². The van der Waals surface area contributed by atoms with E-state index in [9.17, 15) is 9.59 Å². The first-order valence-electron chi connectivity index (χ1n) is 4.18. The predicted molar refractivity (Wildman–Crippen MR) is 82.0 cm³/mol.